The van der Waals surface area contributed by atoms with E-state index in [2.05, 4.69) is 24.0 Å². The SMILES string of the molecule is CCNC1CCCC(C2CCOC3(CCSCC3)C2)C1. The Labute approximate surface area is 128 Å². The van der Waals surface area contributed by atoms with Gasteiger partial charge < -0.3 is 10.1 Å². The van der Waals surface area contributed by atoms with Gasteiger partial charge in [0.2, 0.25) is 0 Å². The van der Waals surface area contributed by atoms with Crippen molar-refractivity contribution in [2.45, 2.75) is 69.9 Å². The van der Waals surface area contributed by atoms with Crippen molar-refractivity contribution >= 4 is 11.8 Å². The molecule has 2 saturated heterocycles. The first kappa shape index (κ1) is 15.2. The Kier molecular flexibility index (Phi) is 5.33. The van der Waals surface area contributed by atoms with Gasteiger partial charge in [0.05, 0.1) is 5.60 Å². The molecule has 20 heavy (non-hydrogen) atoms. The van der Waals surface area contributed by atoms with Crippen molar-refractivity contribution in [3.63, 3.8) is 0 Å². The van der Waals surface area contributed by atoms with E-state index in [4.69, 9.17) is 4.74 Å². The second-order valence-electron chi connectivity index (χ2n) is 7.08. The molecule has 0 aromatic heterocycles. The molecule has 3 heteroatoms. The van der Waals surface area contributed by atoms with E-state index in [-0.39, 0.29) is 5.60 Å². The summed E-state index contributed by atoms with van der Waals surface area (Å²) in [5, 5.41) is 3.69. The van der Waals surface area contributed by atoms with Gasteiger partial charge in [-0.3, -0.25) is 0 Å². The molecule has 0 amide bonds. The summed E-state index contributed by atoms with van der Waals surface area (Å²) in [4.78, 5) is 0. The predicted molar refractivity (Wildman–Crippen MR) is 87.4 cm³/mol. The van der Waals surface area contributed by atoms with Crippen molar-refractivity contribution in [2.75, 3.05) is 24.7 Å². The third kappa shape index (κ3) is 3.53. The van der Waals surface area contributed by atoms with Gasteiger partial charge in [-0.1, -0.05) is 19.8 Å². The first-order chi connectivity index (χ1) is 9.81. The minimum absolute atomic E-state index is 0.277. The van der Waals surface area contributed by atoms with Crippen molar-refractivity contribution in [1.82, 2.24) is 5.32 Å². The van der Waals surface area contributed by atoms with E-state index in [1.807, 2.05) is 0 Å². The molecule has 0 radical (unpaired) electrons. The van der Waals surface area contributed by atoms with Crippen LogP contribution in [0, 0.1) is 11.8 Å². The van der Waals surface area contributed by atoms with Crippen LogP contribution in [0.3, 0.4) is 0 Å². The van der Waals surface area contributed by atoms with Crippen molar-refractivity contribution in [3.05, 3.63) is 0 Å². The summed E-state index contributed by atoms with van der Waals surface area (Å²) in [5.41, 5.74) is 0.277. The fourth-order valence-electron chi connectivity index (χ4n) is 4.69. The molecule has 1 N–H and O–H groups in total. The van der Waals surface area contributed by atoms with Gasteiger partial charge in [-0.15, -0.1) is 0 Å². The Morgan fingerprint density at radius 2 is 2.00 bits per heavy atom. The van der Waals surface area contributed by atoms with E-state index in [1.165, 1.54) is 62.9 Å². The minimum Gasteiger partial charge on any atom is -0.375 e. The molecular formula is C17H31NOS. The minimum atomic E-state index is 0.277. The molecule has 116 valence electrons. The zero-order valence-corrected chi connectivity index (χ0v) is 13.9. The van der Waals surface area contributed by atoms with Crippen molar-refractivity contribution in [3.8, 4) is 0 Å². The third-order valence-corrected chi connectivity index (χ3v) is 6.79. The van der Waals surface area contributed by atoms with Crippen LogP contribution in [0.4, 0.5) is 0 Å². The number of hydrogen-bond acceptors (Lipinski definition) is 3. The normalized spacial score (nSPS) is 38.0. The molecule has 2 nitrogen and oxygen atoms in total. The molecule has 3 atom stereocenters. The number of rotatable bonds is 3. The monoisotopic (exact) mass is 297 g/mol. The lowest BCUT2D eigenvalue weighted by Crippen LogP contribution is -2.46. The van der Waals surface area contributed by atoms with E-state index in [1.54, 1.807) is 0 Å². The molecule has 3 aliphatic rings. The quantitative estimate of drug-likeness (QED) is 0.855. The van der Waals surface area contributed by atoms with Gasteiger partial charge in [-0.25, -0.2) is 0 Å². The van der Waals surface area contributed by atoms with Gasteiger partial charge in [0, 0.05) is 12.6 Å². The Hall–Kier alpha value is 0.270. The average molecular weight is 298 g/mol. The van der Waals surface area contributed by atoms with Gasteiger partial charge in [-0.05, 0) is 68.4 Å². The Balaban J connectivity index is 1.58. The zero-order chi connectivity index (χ0) is 13.8. The van der Waals surface area contributed by atoms with E-state index in [0.29, 0.717) is 0 Å². The maximum absolute atomic E-state index is 6.27. The highest BCUT2D eigenvalue weighted by molar-refractivity contribution is 7.99. The van der Waals surface area contributed by atoms with Gasteiger partial charge in [0.1, 0.15) is 0 Å². The Morgan fingerprint density at radius 1 is 1.15 bits per heavy atom. The first-order valence-corrected chi connectivity index (χ1v) is 9.92. The van der Waals surface area contributed by atoms with Crippen LogP contribution in [0.5, 0.6) is 0 Å². The fourth-order valence-corrected chi connectivity index (χ4v) is 5.93. The third-order valence-electron chi connectivity index (χ3n) is 5.81. The maximum Gasteiger partial charge on any atom is 0.0701 e. The summed E-state index contributed by atoms with van der Waals surface area (Å²) in [5.74, 6) is 4.53. The molecule has 1 aliphatic carbocycles. The fraction of sp³-hybridized carbons (Fsp3) is 1.00. The average Bonchev–Trinajstić information content (AvgIpc) is 2.49. The molecule has 3 unspecified atom stereocenters. The van der Waals surface area contributed by atoms with Crippen LogP contribution in [0.2, 0.25) is 0 Å². The van der Waals surface area contributed by atoms with Crippen molar-refractivity contribution in [2.24, 2.45) is 11.8 Å². The summed E-state index contributed by atoms with van der Waals surface area (Å²) in [6, 6.07) is 0.791. The summed E-state index contributed by atoms with van der Waals surface area (Å²) in [6.45, 7) is 4.40. The smallest absolute Gasteiger partial charge is 0.0701 e. The summed E-state index contributed by atoms with van der Waals surface area (Å²) in [6.07, 6.45) is 11.0. The second kappa shape index (κ2) is 7.02. The van der Waals surface area contributed by atoms with Crippen LogP contribution in [-0.2, 0) is 4.74 Å². The van der Waals surface area contributed by atoms with E-state index in [9.17, 15) is 0 Å². The van der Waals surface area contributed by atoms with Gasteiger partial charge >= 0.3 is 0 Å². The summed E-state index contributed by atoms with van der Waals surface area (Å²) >= 11 is 2.12. The molecule has 0 aromatic carbocycles. The molecule has 1 saturated carbocycles. The molecule has 2 aliphatic heterocycles. The van der Waals surface area contributed by atoms with Crippen LogP contribution in [0.15, 0.2) is 0 Å². The van der Waals surface area contributed by atoms with Crippen LogP contribution >= 0.6 is 11.8 Å². The maximum atomic E-state index is 6.27. The topological polar surface area (TPSA) is 21.3 Å². The van der Waals surface area contributed by atoms with E-state index >= 15 is 0 Å². The number of hydrogen-bond donors (Lipinski definition) is 1. The van der Waals surface area contributed by atoms with Crippen LogP contribution < -0.4 is 5.32 Å². The van der Waals surface area contributed by atoms with E-state index < -0.39 is 0 Å². The zero-order valence-electron chi connectivity index (χ0n) is 13.0. The van der Waals surface area contributed by atoms with Crippen molar-refractivity contribution < 1.29 is 4.74 Å². The molecule has 1 spiro atoms. The number of ether oxygens (including phenoxy) is 1. The number of nitrogens with one attached hydrogen (secondary N) is 1. The van der Waals surface area contributed by atoms with Crippen LogP contribution in [0.1, 0.15) is 58.3 Å². The highest BCUT2D eigenvalue weighted by Crippen LogP contribution is 2.44. The number of thioether (sulfide) groups is 1. The largest absolute Gasteiger partial charge is 0.375 e. The predicted octanol–water partition coefficient (Wildman–Crippen LogP) is 3.85. The highest BCUT2D eigenvalue weighted by atomic mass is 32.2. The molecule has 3 rings (SSSR count). The van der Waals surface area contributed by atoms with Crippen LogP contribution in [0.25, 0.3) is 0 Å². The first-order valence-electron chi connectivity index (χ1n) is 8.76. The standard InChI is InChI=1S/C17H31NOS/c1-2-18-16-5-3-4-14(12-16)15-6-9-19-17(13-15)7-10-20-11-8-17/h14-16,18H,2-13H2,1H3. The highest BCUT2D eigenvalue weighted by Gasteiger charge is 2.41. The lowest BCUT2D eigenvalue weighted by molar-refractivity contribution is -0.113. The van der Waals surface area contributed by atoms with E-state index in [0.717, 1.165) is 31.0 Å². The Bertz CT molecular complexity index is 296. The molecular weight excluding hydrogens is 266 g/mol. The van der Waals surface area contributed by atoms with Crippen LogP contribution in [-0.4, -0.2) is 36.3 Å². The molecule has 0 bridgehead atoms. The van der Waals surface area contributed by atoms with Crippen molar-refractivity contribution in [1.29, 1.82) is 0 Å². The lowest BCUT2D eigenvalue weighted by atomic mass is 9.70. The Morgan fingerprint density at radius 3 is 2.80 bits per heavy atom. The van der Waals surface area contributed by atoms with Gasteiger partial charge in [0.25, 0.3) is 0 Å². The molecule has 3 fully saturated rings. The van der Waals surface area contributed by atoms with Gasteiger partial charge in [0.15, 0.2) is 0 Å². The molecule has 0 aromatic rings. The second-order valence-corrected chi connectivity index (χ2v) is 8.30. The lowest BCUT2D eigenvalue weighted by Gasteiger charge is -2.46. The summed E-state index contributed by atoms with van der Waals surface area (Å²) in [7, 11) is 0. The van der Waals surface area contributed by atoms with Gasteiger partial charge in [-0.2, -0.15) is 11.8 Å². The summed E-state index contributed by atoms with van der Waals surface area (Å²) < 4.78 is 6.27. The molecule has 2 heterocycles.